The van der Waals surface area contributed by atoms with Gasteiger partial charge in [-0.15, -0.1) is 0 Å². The van der Waals surface area contributed by atoms with Crippen LogP contribution in [0.25, 0.3) is 0 Å². The number of hydrogen-bond acceptors (Lipinski definition) is 7. The molecule has 1 amide bonds. The van der Waals surface area contributed by atoms with Crippen LogP contribution in [0.3, 0.4) is 0 Å². The van der Waals surface area contributed by atoms with E-state index in [9.17, 15) is 14.7 Å². The average molecular weight is 431 g/mol. The van der Waals surface area contributed by atoms with Crippen molar-refractivity contribution in [2.24, 2.45) is 0 Å². The van der Waals surface area contributed by atoms with Crippen LogP contribution in [0.2, 0.25) is 0 Å². The molecule has 0 heterocycles. The summed E-state index contributed by atoms with van der Waals surface area (Å²) >= 11 is 0. The second-order valence-electron chi connectivity index (χ2n) is 6.70. The molecule has 0 aliphatic heterocycles. The number of rotatable bonds is 12. The number of carbonyl (C=O) groups excluding carboxylic acids is 2. The van der Waals surface area contributed by atoms with Gasteiger partial charge in [0.15, 0.2) is 11.9 Å². The molecule has 168 valence electrons. The zero-order valence-corrected chi connectivity index (χ0v) is 17.7. The summed E-state index contributed by atoms with van der Waals surface area (Å²) in [5.74, 6) is 0.375. The number of carbonyl (C=O) groups is 2. The second kappa shape index (κ2) is 12.7. The van der Waals surface area contributed by atoms with Gasteiger partial charge in [0.25, 0.3) is 0 Å². The lowest BCUT2D eigenvalue weighted by Crippen LogP contribution is -2.30. The number of Topliss-reactive ketones (excluding diaryl/α,β-unsaturated/α-hetero) is 1. The molecule has 0 bridgehead atoms. The zero-order valence-electron chi connectivity index (χ0n) is 17.7. The smallest absolute Gasteiger partial charge is 0.412 e. The van der Waals surface area contributed by atoms with Gasteiger partial charge >= 0.3 is 6.09 Å². The summed E-state index contributed by atoms with van der Waals surface area (Å²) in [5, 5.41) is 21.2. The first-order valence-electron chi connectivity index (χ1n) is 10.1. The lowest BCUT2D eigenvalue weighted by molar-refractivity contribution is -0.0493. The van der Waals surface area contributed by atoms with E-state index in [4.69, 9.17) is 19.3 Å². The molecule has 3 N–H and O–H groups in total. The van der Waals surface area contributed by atoms with Crippen LogP contribution in [0.4, 0.5) is 10.5 Å². The van der Waals surface area contributed by atoms with E-state index in [1.165, 1.54) is 6.92 Å². The van der Waals surface area contributed by atoms with Crippen molar-refractivity contribution in [2.75, 3.05) is 31.7 Å². The summed E-state index contributed by atoms with van der Waals surface area (Å²) < 4.78 is 17.1. The first kappa shape index (κ1) is 24.3. The highest BCUT2D eigenvalue weighted by molar-refractivity contribution is 5.95. The van der Waals surface area contributed by atoms with Gasteiger partial charge in [0.2, 0.25) is 0 Å². The van der Waals surface area contributed by atoms with E-state index >= 15 is 0 Å². The summed E-state index contributed by atoms with van der Waals surface area (Å²) in [6.07, 6.45) is -1.95. The van der Waals surface area contributed by atoms with Gasteiger partial charge < -0.3 is 24.4 Å². The van der Waals surface area contributed by atoms with E-state index in [-0.39, 0.29) is 32.0 Å². The lowest BCUT2D eigenvalue weighted by atomic mass is 10.0. The van der Waals surface area contributed by atoms with Gasteiger partial charge in [-0.3, -0.25) is 10.1 Å². The number of aliphatic hydroxyl groups excluding tert-OH is 2. The third kappa shape index (κ3) is 7.36. The Morgan fingerprint density at radius 1 is 1.03 bits per heavy atom. The number of para-hydroxylation sites is 1. The molecule has 0 saturated carbocycles. The molecule has 0 saturated heterocycles. The Balaban J connectivity index is 2.26. The second-order valence-corrected chi connectivity index (χ2v) is 6.70. The quantitative estimate of drug-likeness (QED) is 0.442. The largest absolute Gasteiger partial charge is 0.491 e. The van der Waals surface area contributed by atoms with Gasteiger partial charge in [-0.1, -0.05) is 18.2 Å². The molecular weight excluding hydrogens is 402 g/mol. The maximum absolute atomic E-state index is 12.7. The van der Waals surface area contributed by atoms with E-state index in [0.717, 1.165) is 0 Å². The van der Waals surface area contributed by atoms with E-state index in [0.29, 0.717) is 29.2 Å². The monoisotopic (exact) mass is 431 g/mol. The number of ketones is 1. The van der Waals surface area contributed by atoms with Crippen LogP contribution >= 0.6 is 0 Å². The molecule has 0 unspecified atom stereocenters. The van der Waals surface area contributed by atoms with Crippen molar-refractivity contribution in [1.29, 1.82) is 0 Å². The van der Waals surface area contributed by atoms with E-state index < -0.39 is 18.3 Å². The zero-order chi connectivity index (χ0) is 22.6. The molecule has 8 nitrogen and oxygen atoms in total. The molecule has 31 heavy (non-hydrogen) atoms. The number of amides is 1. The molecule has 0 fully saturated rings. The SMILES string of the molecule is CCO[C@H](CCO)[C@H](OC(=O)Nc1ccc(C(C)=O)cc1)c1ccccc1OCCO. The highest BCUT2D eigenvalue weighted by Crippen LogP contribution is 2.33. The minimum atomic E-state index is -0.863. The molecular formula is C23H29NO7. The van der Waals surface area contributed by atoms with E-state index in [1.54, 1.807) is 48.5 Å². The summed E-state index contributed by atoms with van der Waals surface area (Å²) in [4.78, 5) is 24.1. The van der Waals surface area contributed by atoms with E-state index in [2.05, 4.69) is 5.32 Å². The number of hydrogen-bond donors (Lipinski definition) is 3. The third-order valence-electron chi connectivity index (χ3n) is 4.48. The predicted octanol–water partition coefficient (Wildman–Crippen LogP) is 3.34. The summed E-state index contributed by atoms with van der Waals surface area (Å²) in [5.41, 5.74) is 1.56. The van der Waals surface area contributed by atoms with Crippen LogP contribution in [-0.2, 0) is 9.47 Å². The van der Waals surface area contributed by atoms with Crippen molar-refractivity contribution in [3.05, 3.63) is 59.7 Å². The summed E-state index contributed by atoms with van der Waals surface area (Å²) in [6.45, 7) is 3.40. The molecule has 2 aromatic rings. The normalized spacial score (nSPS) is 12.6. The molecule has 2 atom stereocenters. The van der Waals surface area contributed by atoms with Gasteiger partial charge in [-0.05, 0) is 44.2 Å². The van der Waals surface area contributed by atoms with Gasteiger partial charge in [0, 0.05) is 36.4 Å². The van der Waals surface area contributed by atoms with Crippen LogP contribution in [0.1, 0.15) is 42.3 Å². The fourth-order valence-electron chi connectivity index (χ4n) is 3.06. The first-order valence-corrected chi connectivity index (χ1v) is 10.1. The minimum absolute atomic E-state index is 0.0720. The topological polar surface area (TPSA) is 114 Å². The Bertz CT molecular complexity index is 832. The van der Waals surface area contributed by atoms with Gasteiger partial charge in [-0.2, -0.15) is 0 Å². The standard InChI is InChI=1S/C23H29NO7/c1-3-29-21(12-13-25)22(19-6-4-5-7-20(19)30-15-14-26)31-23(28)24-18-10-8-17(9-11-18)16(2)27/h4-11,21-22,25-26H,3,12-15H2,1-2H3,(H,24,28)/t21-,22-/m1/s1. The molecule has 0 aliphatic carbocycles. The Labute approximate surface area is 181 Å². The highest BCUT2D eigenvalue weighted by Gasteiger charge is 2.30. The van der Waals surface area contributed by atoms with Crippen molar-refractivity contribution in [1.82, 2.24) is 0 Å². The lowest BCUT2D eigenvalue weighted by Gasteiger charge is -2.28. The van der Waals surface area contributed by atoms with Crippen LogP contribution in [-0.4, -0.2) is 54.6 Å². The number of nitrogens with one attached hydrogen (secondary N) is 1. The molecule has 2 rings (SSSR count). The fraction of sp³-hybridized carbons (Fsp3) is 0.391. The molecule has 8 heteroatoms. The predicted molar refractivity (Wildman–Crippen MR) is 115 cm³/mol. The van der Waals surface area contributed by atoms with Crippen molar-refractivity contribution in [3.8, 4) is 5.75 Å². The number of anilines is 1. The summed E-state index contributed by atoms with van der Waals surface area (Å²) in [7, 11) is 0. The number of aliphatic hydroxyl groups is 2. The van der Waals surface area contributed by atoms with Crippen LogP contribution < -0.4 is 10.1 Å². The van der Waals surface area contributed by atoms with Crippen molar-refractivity contribution in [3.63, 3.8) is 0 Å². The number of ether oxygens (including phenoxy) is 3. The molecule has 0 radical (unpaired) electrons. The molecule has 2 aromatic carbocycles. The van der Waals surface area contributed by atoms with Crippen LogP contribution in [0.5, 0.6) is 5.75 Å². The maximum Gasteiger partial charge on any atom is 0.412 e. The average Bonchev–Trinajstić information content (AvgIpc) is 2.76. The highest BCUT2D eigenvalue weighted by atomic mass is 16.6. The Kier molecular flexibility index (Phi) is 9.96. The van der Waals surface area contributed by atoms with Gasteiger partial charge in [0.05, 0.1) is 6.61 Å². The fourth-order valence-corrected chi connectivity index (χ4v) is 3.06. The number of benzene rings is 2. The Hall–Kier alpha value is -2.94. The Morgan fingerprint density at radius 2 is 1.74 bits per heavy atom. The molecule has 0 aliphatic rings. The van der Waals surface area contributed by atoms with Crippen molar-refractivity contribution >= 4 is 17.6 Å². The van der Waals surface area contributed by atoms with Crippen LogP contribution in [0, 0.1) is 0 Å². The van der Waals surface area contributed by atoms with E-state index in [1.807, 2.05) is 6.92 Å². The van der Waals surface area contributed by atoms with Crippen molar-refractivity contribution in [2.45, 2.75) is 32.5 Å². The van der Waals surface area contributed by atoms with Crippen molar-refractivity contribution < 1.29 is 34.0 Å². The summed E-state index contributed by atoms with van der Waals surface area (Å²) in [6, 6.07) is 13.4. The molecule has 0 spiro atoms. The first-order chi connectivity index (χ1) is 15.0. The van der Waals surface area contributed by atoms with Gasteiger partial charge in [-0.25, -0.2) is 4.79 Å². The third-order valence-corrected chi connectivity index (χ3v) is 4.48. The van der Waals surface area contributed by atoms with Gasteiger partial charge in [0.1, 0.15) is 18.5 Å². The Morgan fingerprint density at radius 3 is 2.35 bits per heavy atom. The van der Waals surface area contributed by atoms with Crippen LogP contribution in [0.15, 0.2) is 48.5 Å². The maximum atomic E-state index is 12.7. The molecule has 0 aromatic heterocycles. The minimum Gasteiger partial charge on any atom is -0.491 e.